The van der Waals surface area contributed by atoms with E-state index in [0.717, 1.165) is 16.9 Å². The highest BCUT2D eigenvalue weighted by Gasteiger charge is 2.38. The number of rotatable bonds is 4. The molecule has 28 heavy (non-hydrogen) atoms. The fourth-order valence-corrected chi connectivity index (χ4v) is 3.74. The monoisotopic (exact) mass is 381 g/mol. The van der Waals surface area contributed by atoms with E-state index >= 15 is 0 Å². The molecule has 0 fully saturated rings. The molecule has 148 valence electrons. The molecule has 7 heteroatoms. The van der Waals surface area contributed by atoms with Crippen molar-refractivity contribution in [1.29, 1.82) is 0 Å². The predicted molar refractivity (Wildman–Crippen MR) is 109 cm³/mol. The third kappa shape index (κ3) is 3.69. The van der Waals surface area contributed by atoms with Gasteiger partial charge in [0.25, 0.3) is 5.91 Å². The van der Waals surface area contributed by atoms with Crippen molar-refractivity contribution in [3.8, 4) is 0 Å². The van der Waals surface area contributed by atoms with Crippen LogP contribution in [0.15, 0.2) is 30.6 Å². The van der Waals surface area contributed by atoms with Gasteiger partial charge in [-0.15, -0.1) is 0 Å². The quantitative estimate of drug-likeness (QED) is 0.850. The fourth-order valence-electron chi connectivity index (χ4n) is 3.74. The van der Waals surface area contributed by atoms with Crippen molar-refractivity contribution < 1.29 is 9.59 Å². The zero-order valence-corrected chi connectivity index (χ0v) is 17.0. The summed E-state index contributed by atoms with van der Waals surface area (Å²) in [6.45, 7) is 10.1. The zero-order chi connectivity index (χ0) is 20.4. The molecule has 7 nitrogen and oxygen atoms in total. The average Bonchev–Trinajstić information content (AvgIpc) is 2.66. The van der Waals surface area contributed by atoms with E-state index in [0.29, 0.717) is 17.9 Å². The lowest BCUT2D eigenvalue weighted by atomic mass is 9.82. The maximum absolute atomic E-state index is 12.4. The number of carbonyl (C=O) groups is 2. The largest absolute Gasteiger partial charge is 0.362 e. The lowest BCUT2D eigenvalue weighted by Crippen LogP contribution is -2.48. The first-order valence-corrected chi connectivity index (χ1v) is 9.60. The van der Waals surface area contributed by atoms with E-state index in [1.54, 1.807) is 30.3 Å². The van der Waals surface area contributed by atoms with Gasteiger partial charge in [0.15, 0.2) is 0 Å². The van der Waals surface area contributed by atoms with E-state index in [1.807, 2.05) is 32.9 Å². The Kier molecular flexibility index (Phi) is 5.63. The SMILES string of the molecule is CCNC(=O)c1ccc2c(c1)[C@H](Nc1cnc(C)cn1)[C@@H](C)[C@H](C)N2C(C)=O. The van der Waals surface area contributed by atoms with E-state index in [-0.39, 0.29) is 29.8 Å². The van der Waals surface area contributed by atoms with Crippen molar-refractivity contribution in [2.24, 2.45) is 5.92 Å². The van der Waals surface area contributed by atoms with E-state index in [2.05, 4.69) is 27.5 Å². The summed E-state index contributed by atoms with van der Waals surface area (Å²) in [6.07, 6.45) is 3.42. The number of nitrogens with zero attached hydrogens (tertiary/aromatic N) is 3. The summed E-state index contributed by atoms with van der Waals surface area (Å²) in [5.74, 6) is 0.629. The minimum Gasteiger partial charge on any atom is -0.362 e. The van der Waals surface area contributed by atoms with Gasteiger partial charge in [-0.1, -0.05) is 6.92 Å². The lowest BCUT2D eigenvalue weighted by Gasteiger charge is -2.44. The summed E-state index contributed by atoms with van der Waals surface area (Å²) in [5.41, 5.74) is 3.15. The van der Waals surface area contributed by atoms with E-state index in [4.69, 9.17) is 0 Å². The molecule has 0 saturated heterocycles. The minimum atomic E-state index is -0.125. The van der Waals surface area contributed by atoms with Crippen LogP contribution in [0.1, 0.15) is 55.4 Å². The van der Waals surface area contributed by atoms with Gasteiger partial charge in [-0.3, -0.25) is 14.6 Å². The Morgan fingerprint density at radius 3 is 2.54 bits per heavy atom. The van der Waals surface area contributed by atoms with Crippen LogP contribution < -0.4 is 15.5 Å². The maximum Gasteiger partial charge on any atom is 0.251 e. The first kappa shape index (κ1) is 19.8. The van der Waals surface area contributed by atoms with Gasteiger partial charge >= 0.3 is 0 Å². The Morgan fingerprint density at radius 1 is 1.18 bits per heavy atom. The van der Waals surface area contributed by atoms with Crippen molar-refractivity contribution in [3.63, 3.8) is 0 Å². The Hall–Kier alpha value is -2.96. The third-order valence-electron chi connectivity index (χ3n) is 5.34. The molecule has 0 radical (unpaired) electrons. The summed E-state index contributed by atoms with van der Waals surface area (Å²) >= 11 is 0. The number of hydrogen-bond donors (Lipinski definition) is 2. The van der Waals surface area contributed by atoms with Gasteiger partial charge < -0.3 is 15.5 Å². The molecule has 3 atom stereocenters. The number of anilines is 2. The highest BCUT2D eigenvalue weighted by Crippen LogP contribution is 2.42. The van der Waals surface area contributed by atoms with E-state index < -0.39 is 0 Å². The van der Waals surface area contributed by atoms with Gasteiger partial charge in [0, 0.05) is 36.7 Å². The standard InChI is InChI=1S/C21H27N5O2/c1-6-22-21(28)16-7-8-18-17(9-16)20(13(3)14(4)26(18)15(5)27)25-19-11-23-12(2)10-24-19/h7-11,13-14,20H,6H2,1-5H3,(H,22,28)(H,24,25)/t13-,14-,20+/m0/s1. The van der Waals surface area contributed by atoms with Gasteiger partial charge in [0.2, 0.25) is 5.91 Å². The number of nitrogens with one attached hydrogen (secondary N) is 2. The first-order valence-electron chi connectivity index (χ1n) is 9.60. The van der Waals surface area contributed by atoms with Crippen LogP contribution in [0.25, 0.3) is 0 Å². The van der Waals surface area contributed by atoms with E-state index in [9.17, 15) is 9.59 Å². The number of carbonyl (C=O) groups excluding carboxylic acids is 2. The van der Waals surface area contributed by atoms with E-state index in [1.165, 1.54) is 0 Å². The Labute approximate surface area is 165 Å². The van der Waals surface area contributed by atoms with Crippen molar-refractivity contribution in [2.75, 3.05) is 16.8 Å². The molecular formula is C21H27N5O2. The minimum absolute atomic E-state index is 0.00349. The van der Waals surface area contributed by atoms with Gasteiger partial charge in [0.05, 0.1) is 24.1 Å². The highest BCUT2D eigenvalue weighted by atomic mass is 16.2. The molecule has 1 aliphatic rings. The molecule has 3 rings (SSSR count). The molecule has 2 heterocycles. The van der Waals surface area contributed by atoms with Crippen LogP contribution in [-0.4, -0.2) is 34.4 Å². The van der Waals surface area contributed by atoms with Crippen LogP contribution in [0.3, 0.4) is 0 Å². The Balaban J connectivity index is 2.07. The average molecular weight is 381 g/mol. The summed E-state index contributed by atoms with van der Waals surface area (Å²) in [6, 6.07) is 5.39. The second kappa shape index (κ2) is 7.96. The number of aryl methyl sites for hydroxylation is 1. The molecule has 1 aromatic carbocycles. The molecule has 2 amide bonds. The van der Waals surface area contributed by atoms with Crippen molar-refractivity contribution >= 4 is 23.3 Å². The topological polar surface area (TPSA) is 87.2 Å². The van der Waals surface area contributed by atoms with Crippen LogP contribution in [0.5, 0.6) is 0 Å². The lowest BCUT2D eigenvalue weighted by molar-refractivity contribution is -0.117. The molecule has 2 aromatic rings. The van der Waals surface area contributed by atoms with Crippen molar-refractivity contribution in [2.45, 2.75) is 46.7 Å². The number of aromatic nitrogens is 2. The molecule has 0 spiro atoms. The van der Waals surface area contributed by atoms with Crippen LogP contribution >= 0.6 is 0 Å². The molecule has 0 aliphatic carbocycles. The molecular weight excluding hydrogens is 354 g/mol. The van der Waals surface area contributed by atoms with Crippen LogP contribution in [-0.2, 0) is 4.79 Å². The first-order chi connectivity index (χ1) is 13.3. The van der Waals surface area contributed by atoms with Gasteiger partial charge in [0.1, 0.15) is 5.82 Å². The van der Waals surface area contributed by atoms with Gasteiger partial charge in [-0.25, -0.2) is 4.98 Å². The number of hydrogen-bond acceptors (Lipinski definition) is 5. The molecule has 0 bridgehead atoms. The Morgan fingerprint density at radius 2 is 1.93 bits per heavy atom. The number of amides is 2. The molecule has 1 aliphatic heterocycles. The van der Waals surface area contributed by atoms with Gasteiger partial charge in [-0.05, 0) is 44.5 Å². The summed E-state index contributed by atoms with van der Waals surface area (Å²) in [7, 11) is 0. The summed E-state index contributed by atoms with van der Waals surface area (Å²) < 4.78 is 0. The smallest absolute Gasteiger partial charge is 0.251 e. The van der Waals surface area contributed by atoms with Gasteiger partial charge in [-0.2, -0.15) is 0 Å². The van der Waals surface area contributed by atoms with Crippen LogP contribution in [0.2, 0.25) is 0 Å². The normalized spacial score (nSPS) is 21.0. The Bertz CT molecular complexity index is 881. The molecule has 0 unspecified atom stereocenters. The maximum atomic E-state index is 12.4. The van der Waals surface area contributed by atoms with Crippen LogP contribution in [0, 0.1) is 12.8 Å². The molecule has 1 aromatic heterocycles. The third-order valence-corrected chi connectivity index (χ3v) is 5.34. The second-order valence-corrected chi connectivity index (χ2v) is 7.29. The fraction of sp³-hybridized carbons (Fsp3) is 0.429. The predicted octanol–water partition coefficient (Wildman–Crippen LogP) is 3.08. The van der Waals surface area contributed by atoms with Crippen molar-refractivity contribution in [1.82, 2.24) is 15.3 Å². The summed E-state index contributed by atoms with van der Waals surface area (Å²) in [5, 5.41) is 6.29. The zero-order valence-electron chi connectivity index (χ0n) is 17.0. The summed E-state index contributed by atoms with van der Waals surface area (Å²) in [4.78, 5) is 35.2. The number of fused-ring (bicyclic) bond motifs is 1. The van der Waals surface area contributed by atoms with Crippen LogP contribution in [0.4, 0.5) is 11.5 Å². The number of benzene rings is 1. The molecule has 2 N–H and O–H groups in total. The second-order valence-electron chi connectivity index (χ2n) is 7.29. The van der Waals surface area contributed by atoms with Crippen molar-refractivity contribution in [3.05, 3.63) is 47.4 Å². The molecule has 0 saturated carbocycles. The highest BCUT2D eigenvalue weighted by molar-refractivity contribution is 5.97.